The lowest BCUT2D eigenvalue weighted by Gasteiger charge is -2.08. The fourth-order valence-electron chi connectivity index (χ4n) is 1.74. The molecule has 0 radical (unpaired) electrons. The summed E-state index contributed by atoms with van der Waals surface area (Å²) in [4.78, 5) is 23.5. The van der Waals surface area contributed by atoms with Crippen molar-refractivity contribution in [3.8, 4) is 17.0 Å². The molecule has 0 aliphatic rings. The topological polar surface area (TPSA) is 72.1 Å². The Morgan fingerprint density at radius 3 is 2.68 bits per heavy atom. The number of methoxy groups -OCH3 is 1. The Hall–Kier alpha value is -2.14. The molecule has 0 amide bonds. The first-order chi connectivity index (χ1) is 9.02. The first-order valence-corrected chi connectivity index (χ1v) is 5.85. The van der Waals surface area contributed by atoms with E-state index in [9.17, 15) is 9.59 Å². The lowest BCUT2D eigenvalue weighted by Crippen LogP contribution is -2.13. The molecule has 19 heavy (non-hydrogen) atoms. The van der Waals surface area contributed by atoms with Crippen molar-refractivity contribution in [3.63, 3.8) is 0 Å². The fraction of sp³-hybridized carbons (Fsp3) is 0.154. The summed E-state index contributed by atoms with van der Waals surface area (Å²) in [7, 11) is 1.44. The Balaban J connectivity index is 2.73. The van der Waals surface area contributed by atoms with Crippen LogP contribution in [0.4, 0.5) is 0 Å². The average molecular weight is 279 g/mol. The molecule has 0 atom stereocenters. The number of nitrogens with zero attached hydrogens (tertiary/aromatic N) is 1. The van der Waals surface area contributed by atoms with Gasteiger partial charge < -0.3 is 4.74 Å². The van der Waals surface area contributed by atoms with Crippen LogP contribution in [0.1, 0.15) is 17.3 Å². The van der Waals surface area contributed by atoms with E-state index in [4.69, 9.17) is 16.3 Å². The third kappa shape index (κ3) is 2.66. The molecule has 0 spiro atoms. The van der Waals surface area contributed by atoms with Crippen LogP contribution in [0.3, 0.4) is 0 Å². The summed E-state index contributed by atoms with van der Waals surface area (Å²) in [6, 6.07) is 6.24. The quantitative estimate of drug-likeness (QED) is 0.875. The SMILES string of the molecule is COc1cc(-c2cc(Cl)ccc2C(C)=O)c(=O)[nH]n1. The summed E-state index contributed by atoms with van der Waals surface area (Å²) in [5.41, 5.74) is 0.759. The highest BCUT2D eigenvalue weighted by Crippen LogP contribution is 2.26. The summed E-state index contributed by atoms with van der Waals surface area (Å²) < 4.78 is 4.96. The number of hydrogen-bond donors (Lipinski definition) is 1. The van der Waals surface area contributed by atoms with Gasteiger partial charge in [-0.1, -0.05) is 11.6 Å². The first-order valence-electron chi connectivity index (χ1n) is 5.47. The molecule has 0 bridgehead atoms. The van der Waals surface area contributed by atoms with E-state index >= 15 is 0 Å². The van der Waals surface area contributed by atoms with Crippen molar-refractivity contribution < 1.29 is 9.53 Å². The van der Waals surface area contributed by atoms with E-state index in [2.05, 4.69) is 10.2 Å². The van der Waals surface area contributed by atoms with Crippen molar-refractivity contribution in [2.24, 2.45) is 0 Å². The number of halogens is 1. The number of Topliss-reactive ketones (excluding diaryl/α,β-unsaturated/α-hetero) is 1. The van der Waals surface area contributed by atoms with E-state index in [-0.39, 0.29) is 11.7 Å². The van der Waals surface area contributed by atoms with Crippen LogP contribution in [0.5, 0.6) is 5.88 Å². The lowest BCUT2D eigenvalue weighted by atomic mass is 9.99. The number of rotatable bonds is 3. The Kier molecular flexibility index (Phi) is 3.66. The van der Waals surface area contributed by atoms with Crippen LogP contribution in [0.15, 0.2) is 29.1 Å². The molecule has 1 aromatic carbocycles. The smallest absolute Gasteiger partial charge is 0.272 e. The van der Waals surface area contributed by atoms with E-state index in [0.29, 0.717) is 21.7 Å². The molecule has 0 aliphatic carbocycles. The van der Waals surface area contributed by atoms with E-state index in [1.165, 1.54) is 20.1 Å². The van der Waals surface area contributed by atoms with Crippen LogP contribution in [0.2, 0.25) is 5.02 Å². The number of ketones is 1. The van der Waals surface area contributed by atoms with Gasteiger partial charge in [0.15, 0.2) is 5.78 Å². The molecule has 1 heterocycles. The molecule has 6 heteroatoms. The zero-order valence-electron chi connectivity index (χ0n) is 10.4. The van der Waals surface area contributed by atoms with E-state index in [1.54, 1.807) is 18.2 Å². The van der Waals surface area contributed by atoms with Crippen molar-refractivity contribution in [3.05, 3.63) is 45.2 Å². The van der Waals surface area contributed by atoms with Crippen molar-refractivity contribution >= 4 is 17.4 Å². The van der Waals surface area contributed by atoms with Gasteiger partial charge in [-0.3, -0.25) is 9.59 Å². The summed E-state index contributed by atoms with van der Waals surface area (Å²) in [5.74, 6) is 0.103. The molecule has 5 nitrogen and oxygen atoms in total. The lowest BCUT2D eigenvalue weighted by molar-refractivity contribution is 0.101. The van der Waals surface area contributed by atoms with Gasteiger partial charge in [0.25, 0.3) is 5.56 Å². The highest BCUT2D eigenvalue weighted by atomic mass is 35.5. The molecule has 0 saturated heterocycles. The Morgan fingerprint density at radius 2 is 2.05 bits per heavy atom. The number of nitrogens with one attached hydrogen (secondary N) is 1. The highest BCUT2D eigenvalue weighted by molar-refractivity contribution is 6.31. The summed E-state index contributed by atoms with van der Waals surface area (Å²) >= 11 is 5.93. The molecular weight excluding hydrogens is 268 g/mol. The molecule has 0 aliphatic heterocycles. The minimum atomic E-state index is -0.412. The molecule has 1 N–H and O–H groups in total. The number of H-pyrrole nitrogens is 1. The second kappa shape index (κ2) is 5.24. The van der Waals surface area contributed by atoms with Crippen molar-refractivity contribution in [2.45, 2.75) is 6.92 Å². The molecule has 0 saturated carbocycles. The van der Waals surface area contributed by atoms with Gasteiger partial charge >= 0.3 is 0 Å². The molecule has 0 unspecified atom stereocenters. The number of aromatic nitrogens is 2. The van der Waals surface area contributed by atoms with Crippen LogP contribution in [0, 0.1) is 0 Å². The molecule has 1 aromatic heterocycles. The standard InChI is InChI=1S/C13H11ClN2O3/c1-7(17)9-4-3-8(14)5-10(9)11-6-12(19-2)15-16-13(11)18/h3-6H,1-2H3,(H,16,18). The number of carbonyl (C=O) groups excluding carboxylic acids is 1. The van der Waals surface area contributed by atoms with Gasteiger partial charge in [0.2, 0.25) is 5.88 Å². The van der Waals surface area contributed by atoms with Gasteiger partial charge in [-0.25, -0.2) is 5.10 Å². The van der Waals surface area contributed by atoms with E-state index in [1.807, 2.05) is 0 Å². The maximum atomic E-state index is 11.8. The summed E-state index contributed by atoms with van der Waals surface area (Å²) in [6.07, 6.45) is 0. The van der Waals surface area contributed by atoms with Crippen molar-refractivity contribution in [2.75, 3.05) is 7.11 Å². The monoisotopic (exact) mass is 278 g/mol. The number of aromatic amines is 1. The molecular formula is C13H11ClN2O3. The van der Waals surface area contributed by atoms with Crippen LogP contribution in [0.25, 0.3) is 11.1 Å². The number of ether oxygens (including phenoxy) is 1. The Bertz CT molecular complexity index is 695. The summed E-state index contributed by atoms with van der Waals surface area (Å²) in [6.45, 7) is 1.43. The van der Waals surface area contributed by atoms with Gasteiger partial charge in [0.1, 0.15) is 0 Å². The second-order valence-electron chi connectivity index (χ2n) is 3.90. The predicted octanol–water partition coefficient (Wildman–Crippen LogP) is 2.30. The maximum absolute atomic E-state index is 11.8. The maximum Gasteiger partial charge on any atom is 0.272 e. The van der Waals surface area contributed by atoms with Crippen LogP contribution >= 0.6 is 11.6 Å². The predicted molar refractivity (Wildman–Crippen MR) is 71.9 cm³/mol. The third-order valence-electron chi connectivity index (χ3n) is 2.64. The number of benzene rings is 1. The molecule has 2 aromatic rings. The molecule has 98 valence electrons. The van der Waals surface area contributed by atoms with Crippen LogP contribution in [-0.4, -0.2) is 23.1 Å². The number of carbonyl (C=O) groups is 1. The number of hydrogen-bond acceptors (Lipinski definition) is 4. The van der Waals surface area contributed by atoms with Gasteiger partial charge in [-0.15, -0.1) is 5.10 Å². The van der Waals surface area contributed by atoms with Gasteiger partial charge in [0, 0.05) is 16.7 Å². The van der Waals surface area contributed by atoms with Crippen LogP contribution < -0.4 is 10.3 Å². The average Bonchev–Trinajstić information content (AvgIpc) is 2.38. The van der Waals surface area contributed by atoms with Gasteiger partial charge in [0.05, 0.1) is 12.7 Å². The fourth-order valence-corrected chi connectivity index (χ4v) is 1.91. The first kappa shape index (κ1) is 13.3. The van der Waals surface area contributed by atoms with E-state index < -0.39 is 5.56 Å². The van der Waals surface area contributed by atoms with Gasteiger partial charge in [-0.2, -0.15) is 0 Å². The normalized spacial score (nSPS) is 10.3. The zero-order valence-corrected chi connectivity index (χ0v) is 11.1. The van der Waals surface area contributed by atoms with Crippen molar-refractivity contribution in [1.82, 2.24) is 10.2 Å². The zero-order chi connectivity index (χ0) is 14.0. The molecule has 0 fully saturated rings. The van der Waals surface area contributed by atoms with E-state index in [0.717, 1.165) is 0 Å². The van der Waals surface area contributed by atoms with Crippen LogP contribution in [-0.2, 0) is 0 Å². The van der Waals surface area contributed by atoms with Gasteiger partial charge in [-0.05, 0) is 30.7 Å². The summed E-state index contributed by atoms with van der Waals surface area (Å²) in [5, 5.41) is 6.46. The third-order valence-corrected chi connectivity index (χ3v) is 2.88. The highest BCUT2D eigenvalue weighted by Gasteiger charge is 2.14. The minimum Gasteiger partial charge on any atom is -0.480 e. The largest absolute Gasteiger partial charge is 0.480 e. The Labute approximate surface area is 114 Å². The molecule has 2 rings (SSSR count). The minimum absolute atomic E-state index is 0.151. The second-order valence-corrected chi connectivity index (χ2v) is 4.34. The van der Waals surface area contributed by atoms with Crippen molar-refractivity contribution in [1.29, 1.82) is 0 Å². The Morgan fingerprint density at radius 1 is 1.32 bits per heavy atom.